The second kappa shape index (κ2) is 6.33. The van der Waals surface area contributed by atoms with Gasteiger partial charge in [-0.1, -0.05) is 31.5 Å². The molecule has 1 aliphatic rings. The molecule has 1 aromatic carbocycles. The molecule has 0 saturated carbocycles. The smallest absolute Gasteiger partial charge is 0.153 e. The van der Waals surface area contributed by atoms with Crippen LogP contribution < -0.4 is 10.2 Å². The SMILES string of the molecule is CC(C)NCc1ccc(N2CCS(=O)(=O)CC2)c(Cl)c1. The highest BCUT2D eigenvalue weighted by atomic mass is 35.5. The third kappa shape index (κ3) is 4.11. The van der Waals surface area contributed by atoms with E-state index >= 15 is 0 Å². The minimum absolute atomic E-state index is 0.208. The molecule has 0 amide bonds. The highest BCUT2D eigenvalue weighted by Crippen LogP contribution is 2.28. The molecular weight excluding hydrogens is 296 g/mol. The molecule has 0 spiro atoms. The van der Waals surface area contributed by atoms with Gasteiger partial charge in [0.25, 0.3) is 0 Å². The number of hydrogen-bond donors (Lipinski definition) is 1. The van der Waals surface area contributed by atoms with Crippen LogP contribution >= 0.6 is 11.6 Å². The number of benzene rings is 1. The van der Waals surface area contributed by atoms with Crippen molar-refractivity contribution in [1.29, 1.82) is 0 Å². The van der Waals surface area contributed by atoms with E-state index in [4.69, 9.17) is 11.6 Å². The molecule has 1 heterocycles. The number of halogens is 1. The van der Waals surface area contributed by atoms with Crippen LogP contribution in [0.5, 0.6) is 0 Å². The van der Waals surface area contributed by atoms with Crippen LogP contribution in [0.3, 0.4) is 0 Å². The summed E-state index contributed by atoms with van der Waals surface area (Å²) in [6.07, 6.45) is 0. The van der Waals surface area contributed by atoms with E-state index in [1.54, 1.807) is 0 Å². The van der Waals surface area contributed by atoms with Crippen molar-refractivity contribution in [3.63, 3.8) is 0 Å². The zero-order valence-electron chi connectivity index (χ0n) is 11.9. The predicted octanol–water partition coefficient (Wildman–Crippen LogP) is 2.07. The minimum atomic E-state index is -2.86. The Labute approximate surface area is 126 Å². The third-order valence-corrected chi connectivity index (χ3v) is 5.32. The first-order valence-corrected chi connectivity index (χ1v) is 9.04. The first kappa shape index (κ1) is 15.6. The molecule has 1 saturated heterocycles. The maximum absolute atomic E-state index is 11.4. The Balaban J connectivity index is 2.06. The largest absolute Gasteiger partial charge is 0.368 e. The van der Waals surface area contributed by atoms with Gasteiger partial charge >= 0.3 is 0 Å². The maximum atomic E-state index is 11.4. The van der Waals surface area contributed by atoms with Crippen LogP contribution in [-0.4, -0.2) is 39.1 Å². The Morgan fingerprint density at radius 3 is 2.50 bits per heavy atom. The van der Waals surface area contributed by atoms with Gasteiger partial charge in [-0.15, -0.1) is 0 Å². The minimum Gasteiger partial charge on any atom is -0.368 e. The van der Waals surface area contributed by atoms with E-state index in [0.29, 0.717) is 24.2 Å². The van der Waals surface area contributed by atoms with E-state index in [1.165, 1.54) is 0 Å². The van der Waals surface area contributed by atoms with Crippen molar-refractivity contribution >= 4 is 27.1 Å². The fraction of sp³-hybridized carbons (Fsp3) is 0.571. The number of sulfone groups is 1. The molecule has 2 rings (SSSR count). The normalized spacial score (nSPS) is 18.5. The van der Waals surface area contributed by atoms with Crippen molar-refractivity contribution in [1.82, 2.24) is 5.32 Å². The van der Waals surface area contributed by atoms with E-state index in [1.807, 2.05) is 23.1 Å². The van der Waals surface area contributed by atoms with Gasteiger partial charge in [-0.05, 0) is 17.7 Å². The quantitative estimate of drug-likeness (QED) is 0.924. The summed E-state index contributed by atoms with van der Waals surface area (Å²) in [6, 6.07) is 6.41. The second-order valence-corrected chi connectivity index (χ2v) is 8.17. The molecule has 0 aliphatic carbocycles. The van der Waals surface area contributed by atoms with E-state index in [0.717, 1.165) is 17.8 Å². The van der Waals surface area contributed by atoms with Crippen LogP contribution in [-0.2, 0) is 16.4 Å². The standard InChI is InChI=1S/C14H21ClN2O2S/c1-11(2)16-10-12-3-4-14(13(15)9-12)17-5-7-20(18,19)8-6-17/h3-4,9,11,16H,5-8,10H2,1-2H3. The first-order valence-electron chi connectivity index (χ1n) is 6.84. The summed E-state index contributed by atoms with van der Waals surface area (Å²) in [5.41, 5.74) is 2.06. The number of anilines is 1. The summed E-state index contributed by atoms with van der Waals surface area (Å²) in [4.78, 5) is 2.04. The van der Waals surface area contributed by atoms with Crippen LogP contribution in [0, 0.1) is 0 Å². The molecule has 0 aromatic heterocycles. The molecule has 112 valence electrons. The van der Waals surface area contributed by atoms with E-state index in [2.05, 4.69) is 19.2 Å². The molecule has 4 nitrogen and oxygen atoms in total. The molecule has 20 heavy (non-hydrogen) atoms. The summed E-state index contributed by atoms with van der Waals surface area (Å²) >= 11 is 6.33. The maximum Gasteiger partial charge on any atom is 0.153 e. The van der Waals surface area contributed by atoms with Gasteiger partial charge in [0.2, 0.25) is 0 Å². The van der Waals surface area contributed by atoms with Crippen LogP contribution in [0.25, 0.3) is 0 Å². The van der Waals surface area contributed by atoms with Gasteiger partial charge in [0, 0.05) is 25.7 Å². The van der Waals surface area contributed by atoms with Gasteiger partial charge in [0.1, 0.15) is 0 Å². The Kier molecular flexibility index (Phi) is 4.94. The number of nitrogens with one attached hydrogen (secondary N) is 1. The summed E-state index contributed by atoms with van der Waals surface area (Å²) < 4.78 is 22.9. The molecule has 1 fully saturated rings. The summed E-state index contributed by atoms with van der Waals surface area (Å²) in [5, 5.41) is 4.03. The van der Waals surface area contributed by atoms with Crippen molar-refractivity contribution in [2.45, 2.75) is 26.4 Å². The monoisotopic (exact) mass is 316 g/mol. The summed E-state index contributed by atoms with van der Waals surface area (Å²) in [5.74, 6) is 0.417. The van der Waals surface area contributed by atoms with Crippen LogP contribution in [0.15, 0.2) is 18.2 Å². The predicted molar refractivity (Wildman–Crippen MR) is 84.3 cm³/mol. The van der Waals surface area contributed by atoms with E-state index < -0.39 is 9.84 Å². The Morgan fingerprint density at radius 1 is 1.30 bits per heavy atom. The van der Waals surface area contributed by atoms with Gasteiger partial charge in [0.05, 0.1) is 22.2 Å². The number of rotatable bonds is 4. The molecule has 6 heteroatoms. The second-order valence-electron chi connectivity index (χ2n) is 5.46. The molecule has 0 unspecified atom stereocenters. The average molecular weight is 317 g/mol. The Bertz CT molecular complexity index is 559. The topological polar surface area (TPSA) is 49.4 Å². The van der Waals surface area contributed by atoms with Gasteiger partial charge in [0.15, 0.2) is 9.84 Å². The lowest BCUT2D eigenvalue weighted by molar-refractivity contribution is 0.586. The van der Waals surface area contributed by atoms with E-state index in [9.17, 15) is 8.42 Å². The van der Waals surface area contributed by atoms with Crippen LogP contribution in [0.1, 0.15) is 19.4 Å². The molecule has 1 aliphatic heterocycles. The first-order chi connectivity index (χ1) is 9.37. The van der Waals surface area contributed by atoms with Gasteiger partial charge < -0.3 is 10.2 Å². The number of nitrogens with zero attached hydrogens (tertiary/aromatic N) is 1. The average Bonchev–Trinajstić information content (AvgIpc) is 2.37. The van der Waals surface area contributed by atoms with Crippen molar-refractivity contribution < 1.29 is 8.42 Å². The Morgan fingerprint density at radius 2 is 1.95 bits per heavy atom. The fourth-order valence-electron chi connectivity index (χ4n) is 2.19. The van der Waals surface area contributed by atoms with Crippen molar-refractivity contribution in [2.75, 3.05) is 29.5 Å². The lowest BCUT2D eigenvalue weighted by Crippen LogP contribution is -2.40. The van der Waals surface area contributed by atoms with Gasteiger partial charge in [-0.25, -0.2) is 8.42 Å². The van der Waals surface area contributed by atoms with E-state index in [-0.39, 0.29) is 11.5 Å². The van der Waals surface area contributed by atoms with Crippen LogP contribution in [0.4, 0.5) is 5.69 Å². The van der Waals surface area contributed by atoms with Crippen molar-refractivity contribution in [3.8, 4) is 0 Å². The zero-order valence-corrected chi connectivity index (χ0v) is 13.5. The third-order valence-electron chi connectivity index (χ3n) is 3.41. The zero-order chi connectivity index (χ0) is 14.8. The van der Waals surface area contributed by atoms with Crippen molar-refractivity contribution in [2.24, 2.45) is 0 Å². The number of hydrogen-bond acceptors (Lipinski definition) is 4. The summed E-state index contributed by atoms with van der Waals surface area (Å²) in [7, 11) is -2.86. The molecule has 1 aromatic rings. The lowest BCUT2D eigenvalue weighted by atomic mass is 10.2. The lowest BCUT2D eigenvalue weighted by Gasteiger charge is -2.29. The molecule has 1 N–H and O–H groups in total. The van der Waals surface area contributed by atoms with Crippen LogP contribution in [0.2, 0.25) is 5.02 Å². The highest BCUT2D eigenvalue weighted by molar-refractivity contribution is 7.91. The van der Waals surface area contributed by atoms with Crippen molar-refractivity contribution in [3.05, 3.63) is 28.8 Å². The summed E-state index contributed by atoms with van der Waals surface area (Å²) in [6.45, 7) is 6.03. The fourth-order valence-corrected chi connectivity index (χ4v) is 3.72. The Hall–Kier alpha value is -0.780. The van der Waals surface area contributed by atoms with Gasteiger partial charge in [-0.3, -0.25) is 0 Å². The molecular formula is C14H21ClN2O2S. The highest BCUT2D eigenvalue weighted by Gasteiger charge is 2.22. The molecule has 0 radical (unpaired) electrons. The molecule has 0 bridgehead atoms. The van der Waals surface area contributed by atoms with Gasteiger partial charge in [-0.2, -0.15) is 0 Å². The molecule has 0 atom stereocenters.